The van der Waals surface area contributed by atoms with Crippen molar-refractivity contribution in [2.24, 2.45) is 5.41 Å². The van der Waals surface area contributed by atoms with E-state index in [1.165, 1.54) is 0 Å². The number of rotatable bonds is 11. The monoisotopic (exact) mass is 602 g/mol. The van der Waals surface area contributed by atoms with Gasteiger partial charge < -0.3 is 28.8 Å². The molecule has 1 N–H and O–H groups in total. The number of imidazole rings is 1. The highest BCUT2D eigenvalue weighted by atomic mass is 35.5. The highest BCUT2D eigenvalue weighted by Crippen LogP contribution is 2.40. The normalized spacial score (nSPS) is 21.8. The first-order chi connectivity index (χ1) is 19.6. The molecule has 0 aliphatic carbocycles. The molecule has 3 heterocycles. The topological polar surface area (TPSA) is 89.3 Å². The molecule has 2 aliphatic heterocycles. The lowest BCUT2D eigenvalue weighted by molar-refractivity contribution is -0.189. The van der Waals surface area contributed by atoms with Crippen LogP contribution in [0.15, 0.2) is 61.2 Å². The summed E-state index contributed by atoms with van der Waals surface area (Å²) in [5.41, 5.74) is 1.14. The minimum Gasteiger partial charge on any atom is -0.491 e. The van der Waals surface area contributed by atoms with Gasteiger partial charge in [-0.15, -0.1) is 0 Å². The van der Waals surface area contributed by atoms with Crippen molar-refractivity contribution in [3.8, 4) is 5.75 Å². The Morgan fingerprint density at radius 3 is 2.56 bits per heavy atom. The van der Waals surface area contributed by atoms with Crippen molar-refractivity contribution < 1.29 is 24.1 Å². The Balaban J connectivity index is 1.14. The third kappa shape index (κ3) is 7.16. The molecular weight excluding hydrogens is 567 g/mol. The molecule has 2 saturated heterocycles. The van der Waals surface area contributed by atoms with Gasteiger partial charge in [-0.25, -0.2) is 4.98 Å². The standard InChI is InChI=1S/C30H36Cl2N4O5/c1-29(2,28(37)38)9-11-34-13-15-36(16-14-34)23-4-6-24(7-5-23)39-18-25-19-40-30(41-25,20-35-12-10-33-21-35)26-8-3-22(31)17-27(26)32/h3-8,10,12,17,21,25H,9,11,13-16,18-20H2,1-2H3,(H,37,38). The van der Waals surface area contributed by atoms with E-state index in [1.807, 2.05) is 29.0 Å². The van der Waals surface area contributed by atoms with Gasteiger partial charge in [0.15, 0.2) is 0 Å². The molecule has 41 heavy (non-hydrogen) atoms. The van der Waals surface area contributed by atoms with E-state index in [-0.39, 0.29) is 6.10 Å². The van der Waals surface area contributed by atoms with E-state index in [0.717, 1.165) is 44.2 Å². The zero-order valence-corrected chi connectivity index (χ0v) is 24.9. The quantitative estimate of drug-likeness (QED) is 0.322. The van der Waals surface area contributed by atoms with Crippen LogP contribution in [-0.4, -0.2) is 77.6 Å². The number of aliphatic carboxylic acids is 1. The van der Waals surface area contributed by atoms with Crippen LogP contribution in [0.1, 0.15) is 25.8 Å². The molecule has 5 rings (SSSR count). The number of hydrogen-bond acceptors (Lipinski definition) is 7. The molecule has 1 aromatic heterocycles. The maximum atomic E-state index is 11.4. The number of piperazine rings is 1. The summed E-state index contributed by atoms with van der Waals surface area (Å²) in [5.74, 6) is -1.08. The van der Waals surface area contributed by atoms with Gasteiger partial charge in [0.25, 0.3) is 0 Å². The Hall–Kier alpha value is -2.82. The van der Waals surface area contributed by atoms with Crippen molar-refractivity contribution >= 4 is 34.9 Å². The number of nitrogens with zero attached hydrogens (tertiary/aromatic N) is 4. The summed E-state index contributed by atoms with van der Waals surface area (Å²) in [6.07, 6.45) is 5.61. The summed E-state index contributed by atoms with van der Waals surface area (Å²) in [7, 11) is 0. The number of hydrogen-bond donors (Lipinski definition) is 1. The molecule has 0 bridgehead atoms. The highest BCUT2D eigenvalue weighted by molar-refractivity contribution is 6.35. The number of anilines is 1. The fraction of sp³-hybridized carbons (Fsp3) is 0.467. The van der Waals surface area contributed by atoms with Crippen molar-refractivity contribution in [2.75, 3.05) is 50.8 Å². The van der Waals surface area contributed by atoms with Crippen LogP contribution < -0.4 is 9.64 Å². The molecule has 3 aromatic rings. The summed E-state index contributed by atoms with van der Waals surface area (Å²) in [6.45, 7) is 9.02. The van der Waals surface area contributed by atoms with Gasteiger partial charge in [-0.05, 0) is 63.2 Å². The minimum atomic E-state index is -1.09. The Labute approximate surface area is 250 Å². The van der Waals surface area contributed by atoms with Crippen LogP contribution in [0.25, 0.3) is 0 Å². The lowest BCUT2D eigenvalue weighted by Gasteiger charge is -2.37. The van der Waals surface area contributed by atoms with E-state index in [4.69, 9.17) is 37.4 Å². The van der Waals surface area contributed by atoms with Crippen LogP contribution in [0, 0.1) is 5.41 Å². The van der Waals surface area contributed by atoms with Gasteiger partial charge in [0.1, 0.15) is 18.5 Å². The van der Waals surface area contributed by atoms with Crippen molar-refractivity contribution in [1.82, 2.24) is 14.5 Å². The van der Waals surface area contributed by atoms with Crippen LogP contribution in [-0.2, 0) is 26.6 Å². The van der Waals surface area contributed by atoms with Gasteiger partial charge in [-0.3, -0.25) is 9.69 Å². The minimum absolute atomic E-state index is 0.302. The van der Waals surface area contributed by atoms with Gasteiger partial charge in [0.2, 0.25) is 5.79 Å². The maximum Gasteiger partial charge on any atom is 0.309 e. The average Bonchev–Trinajstić information content (AvgIpc) is 3.62. The van der Waals surface area contributed by atoms with Crippen molar-refractivity contribution in [2.45, 2.75) is 38.7 Å². The largest absolute Gasteiger partial charge is 0.491 e. The van der Waals surface area contributed by atoms with Gasteiger partial charge in [-0.2, -0.15) is 0 Å². The second-order valence-corrected chi connectivity index (χ2v) is 12.1. The second-order valence-electron chi connectivity index (χ2n) is 11.2. The van der Waals surface area contributed by atoms with Crippen LogP contribution in [0.2, 0.25) is 10.0 Å². The first kappa shape index (κ1) is 29.7. The number of carboxylic acid groups (broad SMARTS) is 1. The molecule has 220 valence electrons. The highest BCUT2D eigenvalue weighted by Gasteiger charge is 2.45. The summed E-state index contributed by atoms with van der Waals surface area (Å²) >= 11 is 12.7. The van der Waals surface area contributed by atoms with E-state index >= 15 is 0 Å². The van der Waals surface area contributed by atoms with E-state index in [9.17, 15) is 9.90 Å². The SMILES string of the molecule is CC(C)(CCN1CCN(c2ccc(OCC3COC(Cn4ccnc4)(c4ccc(Cl)cc4Cl)O3)cc2)CC1)C(=O)O. The van der Waals surface area contributed by atoms with E-state index in [2.05, 4.69) is 26.9 Å². The number of halogens is 2. The van der Waals surface area contributed by atoms with Crippen LogP contribution in [0.5, 0.6) is 5.75 Å². The molecule has 2 unspecified atom stereocenters. The lowest BCUT2D eigenvalue weighted by atomic mass is 9.89. The smallest absolute Gasteiger partial charge is 0.309 e. The maximum absolute atomic E-state index is 11.4. The molecule has 0 radical (unpaired) electrons. The zero-order chi connectivity index (χ0) is 29.0. The van der Waals surface area contributed by atoms with Gasteiger partial charge in [0, 0.05) is 54.8 Å². The summed E-state index contributed by atoms with van der Waals surface area (Å²) < 4.78 is 20.7. The third-order valence-electron chi connectivity index (χ3n) is 7.79. The van der Waals surface area contributed by atoms with E-state index < -0.39 is 17.2 Å². The van der Waals surface area contributed by atoms with Crippen molar-refractivity contribution in [3.05, 3.63) is 76.8 Å². The van der Waals surface area contributed by atoms with Crippen LogP contribution in [0.3, 0.4) is 0 Å². The summed E-state index contributed by atoms with van der Waals surface area (Å²) in [5, 5.41) is 10.4. The first-order valence-corrected chi connectivity index (χ1v) is 14.6. The predicted octanol–water partition coefficient (Wildman–Crippen LogP) is 5.16. The Bertz CT molecular complexity index is 1310. The molecular formula is C30H36Cl2N4O5. The zero-order valence-electron chi connectivity index (χ0n) is 23.3. The van der Waals surface area contributed by atoms with Gasteiger partial charge in [0.05, 0.1) is 29.9 Å². The number of ether oxygens (including phenoxy) is 3. The van der Waals surface area contributed by atoms with E-state index in [0.29, 0.717) is 41.8 Å². The molecule has 2 aliphatic rings. The van der Waals surface area contributed by atoms with E-state index in [1.54, 1.807) is 38.5 Å². The molecule has 0 saturated carbocycles. The molecule has 2 atom stereocenters. The number of carboxylic acids is 1. The number of carbonyl (C=O) groups is 1. The Kier molecular flexibility index (Phi) is 9.11. The number of benzene rings is 2. The van der Waals surface area contributed by atoms with Crippen LogP contribution in [0.4, 0.5) is 5.69 Å². The average molecular weight is 604 g/mol. The molecule has 9 nitrogen and oxygen atoms in total. The molecule has 2 aromatic carbocycles. The fourth-order valence-electron chi connectivity index (χ4n) is 5.09. The third-order valence-corrected chi connectivity index (χ3v) is 8.34. The molecule has 0 spiro atoms. The first-order valence-electron chi connectivity index (χ1n) is 13.8. The van der Waals surface area contributed by atoms with Crippen LogP contribution >= 0.6 is 23.2 Å². The van der Waals surface area contributed by atoms with Crippen molar-refractivity contribution in [3.63, 3.8) is 0 Å². The Morgan fingerprint density at radius 2 is 1.90 bits per heavy atom. The molecule has 11 heteroatoms. The molecule has 2 fully saturated rings. The lowest BCUT2D eigenvalue weighted by Crippen LogP contribution is -2.47. The number of aromatic nitrogens is 2. The summed E-state index contributed by atoms with van der Waals surface area (Å²) in [6, 6.07) is 13.4. The summed E-state index contributed by atoms with van der Waals surface area (Å²) in [4.78, 5) is 20.2. The fourth-order valence-corrected chi connectivity index (χ4v) is 5.64. The second kappa shape index (κ2) is 12.6. The predicted molar refractivity (Wildman–Crippen MR) is 158 cm³/mol. The van der Waals surface area contributed by atoms with Gasteiger partial charge in [-0.1, -0.05) is 29.3 Å². The molecule has 0 amide bonds. The van der Waals surface area contributed by atoms with Gasteiger partial charge >= 0.3 is 5.97 Å². The Morgan fingerprint density at radius 1 is 1.15 bits per heavy atom. The van der Waals surface area contributed by atoms with Crippen molar-refractivity contribution in [1.29, 1.82) is 0 Å².